The molecule has 0 unspecified atom stereocenters. The first-order valence-electron chi connectivity index (χ1n) is 14.9. The molecule has 46 heavy (non-hydrogen) atoms. The van der Waals surface area contributed by atoms with Crippen LogP contribution in [0.1, 0.15) is 0 Å². The number of fused-ring (bicyclic) bond motifs is 6. The molecule has 4 heteroatoms. The van der Waals surface area contributed by atoms with Crippen molar-refractivity contribution in [3.63, 3.8) is 0 Å². The highest BCUT2D eigenvalue weighted by molar-refractivity contribution is 6.32. The lowest BCUT2D eigenvalue weighted by Gasteiger charge is -2.18. The molecule has 0 aliphatic rings. The van der Waals surface area contributed by atoms with Crippen LogP contribution in [0.5, 0.6) is 11.5 Å². The Balaban J connectivity index is 1.78. The number of benzene rings is 5. The van der Waals surface area contributed by atoms with E-state index in [4.69, 9.17) is 35.2 Å². The monoisotopic (exact) mass is 592 g/mol. The molecule has 0 N–H and O–H groups in total. The second-order valence-electron chi connectivity index (χ2n) is 10.9. The van der Waals surface area contributed by atoms with Gasteiger partial charge in [0.05, 0.1) is 35.2 Å². The second-order valence-corrected chi connectivity index (χ2v) is 10.9. The fourth-order valence-corrected chi connectivity index (χ4v) is 6.68. The predicted octanol–water partition coefficient (Wildman–Crippen LogP) is 8.53. The van der Waals surface area contributed by atoms with E-state index in [2.05, 4.69) is 81.3 Å². The third kappa shape index (κ3) is 4.50. The predicted molar refractivity (Wildman–Crippen MR) is 190 cm³/mol. The topological polar surface area (TPSA) is 28.3 Å². The van der Waals surface area contributed by atoms with Gasteiger partial charge in [0.1, 0.15) is 24.7 Å². The molecule has 218 valence electrons. The summed E-state index contributed by atoms with van der Waals surface area (Å²) in [6.45, 7) is 1.10. The molecule has 0 fully saturated rings. The Morgan fingerprint density at radius 1 is 0.500 bits per heavy atom. The molecular weight excluding hydrogens is 564 g/mol. The highest BCUT2D eigenvalue weighted by Crippen LogP contribution is 2.51. The van der Waals surface area contributed by atoms with Crippen LogP contribution in [0.15, 0.2) is 97.1 Å². The summed E-state index contributed by atoms with van der Waals surface area (Å²) >= 11 is 0. The molecule has 0 aliphatic heterocycles. The van der Waals surface area contributed by atoms with Crippen molar-refractivity contribution in [2.24, 2.45) is 0 Å². The van der Waals surface area contributed by atoms with Gasteiger partial charge in [0.2, 0.25) is 0 Å². The molecule has 7 rings (SSSR count). The maximum atomic E-state index is 6.06. The van der Waals surface area contributed by atoms with Crippen LogP contribution >= 0.6 is 0 Å². The van der Waals surface area contributed by atoms with Crippen LogP contribution in [0.2, 0.25) is 0 Å². The second kappa shape index (κ2) is 11.9. The maximum absolute atomic E-state index is 6.06. The van der Waals surface area contributed by atoms with Crippen molar-refractivity contribution in [3.8, 4) is 83.1 Å². The lowest BCUT2D eigenvalue weighted by molar-refractivity contribution is 0.370. The smallest absolute Gasteiger partial charge is 0.148 e. The molecular formula is C42H28N2O2. The van der Waals surface area contributed by atoms with E-state index in [1.807, 2.05) is 48.5 Å². The van der Waals surface area contributed by atoms with Crippen molar-refractivity contribution in [2.45, 2.75) is 13.1 Å². The summed E-state index contributed by atoms with van der Waals surface area (Å²) in [6, 6.07) is 32.9. The summed E-state index contributed by atoms with van der Waals surface area (Å²) < 4.78 is 16.3. The minimum absolute atomic E-state index is 0.171. The van der Waals surface area contributed by atoms with Gasteiger partial charge < -0.3 is 18.6 Å². The molecule has 0 saturated carbocycles. The summed E-state index contributed by atoms with van der Waals surface area (Å²) in [6.07, 6.45) is 23.2. The number of ether oxygens (including phenoxy) is 2. The number of rotatable bonds is 8. The van der Waals surface area contributed by atoms with E-state index in [9.17, 15) is 0 Å². The molecule has 2 aromatic heterocycles. The van der Waals surface area contributed by atoms with Gasteiger partial charge in [0.25, 0.3) is 0 Å². The van der Waals surface area contributed by atoms with Gasteiger partial charge in [-0.3, -0.25) is 0 Å². The highest BCUT2D eigenvalue weighted by atomic mass is 16.5. The van der Waals surface area contributed by atoms with E-state index in [0.29, 0.717) is 24.6 Å². The molecule has 4 nitrogen and oxygen atoms in total. The number of aromatic nitrogens is 2. The number of hydrogen-bond acceptors (Lipinski definition) is 2. The lowest BCUT2D eigenvalue weighted by atomic mass is 9.89. The van der Waals surface area contributed by atoms with Crippen molar-refractivity contribution in [3.05, 3.63) is 97.1 Å². The first-order valence-corrected chi connectivity index (χ1v) is 14.9. The van der Waals surface area contributed by atoms with Gasteiger partial charge in [-0.1, -0.05) is 84.3 Å². The molecule has 0 aliphatic carbocycles. The van der Waals surface area contributed by atoms with E-state index < -0.39 is 0 Å². The van der Waals surface area contributed by atoms with Crippen LogP contribution in [-0.4, -0.2) is 22.3 Å². The van der Waals surface area contributed by atoms with E-state index >= 15 is 0 Å². The fourth-order valence-electron chi connectivity index (χ4n) is 6.68. The minimum atomic E-state index is 0.171. The fraction of sp³-hybridized carbons (Fsp3) is 0.0952. The van der Waals surface area contributed by atoms with Crippen molar-refractivity contribution in [2.75, 3.05) is 13.2 Å². The Morgan fingerprint density at radius 3 is 1.35 bits per heavy atom. The van der Waals surface area contributed by atoms with Gasteiger partial charge in [0, 0.05) is 32.7 Å². The number of hydrogen-bond donors (Lipinski definition) is 0. The standard InChI is InChI=1S/C42H28N2O2/c1-5-23-43-35-21-11-9-19-33(35)39-38(30-16-14-18-32(28-30)46-26-8-4)42-40(34-20-10-12-22-36(34)44(42)24-6-2)37(41(39)43)29-15-13-17-31(27-29)45-25-7-3/h1-4,9-22,27-28H,23-26H2. The van der Waals surface area contributed by atoms with Crippen LogP contribution in [0, 0.1) is 49.4 Å². The average molecular weight is 593 g/mol. The summed E-state index contributed by atoms with van der Waals surface area (Å²) in [5, 5.41) is 4.30. The van der Waals surface area contributed by atoms with Crippen molar-refractivity contribution in [1.29, 1.82) is 0 Å². The lowest BCUT2D eigenvalue weighted by Crippen LogP contribution is -2.01. The Morgan fingerprint density at radius 2 is 0.935 bits per heavy atom. The third-order valence-corrected chi connectivity index (χ3v) is 8.30. The average Bonchev–Trinajstić information content (AvgIpc) is 3.59. The number of terminal acetylenes is 4. The minimum Gasteiger partial charge on any atom is -0.481 e. The van der Waals surface area contributed by atoms with Crippen LogP contribution in [0.4, 0.5) is 0 Å². The first-order chi connectivity index (χ1) is 22.7. The van der Waals surface area contributed by atoms with Gasteiger partial charge in [-0.25, -0.2) is 0 Å². The van der Waals surface area contributed by atoms with Crippen LogP contribution < -0.4 is 9.47 Å². The summed E-state index contributed by atoms with van der Waals surface area (Å²) in [7, 11) is 0. The maximum Gasteiger partial charge on any atom is 0.148 e. The van der Waals surface area contributed by atoms with E-state index in [1.54, 1.807) is 0 Å². The van der Waals surface area contributed by atoms with Gasteiger partial charge in [-0.15, -0.1) is 25.7 Å². The first kappa shape index (κ1) is 28.3. The molecule has 0 amide bonds. The van der Waals surface area contributed by atoms with Crippen LogP contribution in [0.25, 0.3) is 65.9 Å². The van der Waals surface area contributed by atoms with E-state index in [0.717, 1.165) is 65.9 Å². The zero-order valence-corrected chi connectivity index (χ0v) is 25.1. The Hall–Kier alpha value is -6.46. The third-order valence-electron chi connectivity index (χ3n) is 8.30. The SMILES string of the molecule is C#CCOc1cccc(-c2c3c4ccccc4n(CC#C)c3c(-c3cccc(OCC#C)c3)c3c4ccccc4n(CC#C)c23)c1. The van der Waals surface area contributed by atoms with Gasteiger partial charge >= 0.3 is 0 Å². The van der Waals surface area contributed by atoms with Crippen molar-refractivity contribution in [1.82, 2.24) is 9.13 Å². The quantitative estimate of drug-likeness (QED) is 0.166. The molecule has 7 aromatic rings. The van der Waals surface area contributed by atoms with E-state index in [1.165, 1.54) is 0 Å². The highest BCUT2D eigenvalue weighted by Gasteiger charge is 2.27. The van der Waals surface area contributed by atoms with Gasteiger partial charge in [-0.05, 0) is 47.5 Å². The Labute approximate surface area is 268 Å². The molecule has 0 atom stereocenters. The number of para-hydroxylation sites is 2. The summed E-state index contributed by atoms with van der Waals surface area (Å²) in [5.41, 5.74) is 8.16. The zero-order valence-electron chi connectivity index (χ0n) is 25.1. The largest absolute Gasteiger partial charge is 0.481 e. The summed E-state index contributed by atoms with van der Waals surface area (Å²) in [4.78, 5) is 0. The Kier molecular flexibility index (Phi) is 7.33. The zero-order chi connectivity index (χ0) is 31.6. The molecule has 0 spiro atoms. The molecule has 0 saturated heterocycles. The molecule has 0 radical (unpaired) electrons. The van der Waals surface area contributed by atoms with Crippen molar-refractivity contribution < 1.29 is 9.47 Å². The summed E-state index contributed by atoms with van der Waals surface area (Å²) in [5.74, 6) is 12.4. The van der Waals surface area contributed by atoms with Crippen LogP contribution in [0.3, 0.4) is 0 Å². The van der Waals surface area contributed by atoms with Gasteiger partial charge in [-0.2, -0.15) is 0 Å². The molecule has 5 aromatic carbocycles. The van der Waals surface area contributed by atoms with Crippen molar-refractivity contribution >= 4 is 43.6 Å². The normalized spacial score (nSPS) is 10.9. The molecule has 0 bridgehead atoms. The van der Waals surface area contributed by atoms with Crippen LogP contribution in [-0.2, 0) is 13.1 Å². The van der Waals surface area contributed by atoms with Gasteiger partial charge in [0.15, 0.2) is 0 Å². The Bertz CT molecular complexity index is 2310. The number of nitrogens with zero attached hydrogens (tertiary/aromatic N) is 2. The molecule has 2 heterocycles. The van der Waals surface area contributed by atoms with E-state index in [-0.39, 0.29) is 13.2 Å².